The van der Waals surface area contributed by atoms with E-state index in [-0.39, 0.29) is 5.56 Å². The number of anilines is 1. The van der Waals surface area contributed by atoms with Gasteiger partial charge in [0.25, 0.3) is 5.78 Å². The Bertz CT molecular complexity index is 736. The predicted molar refractivity (Wildman–Crippen MR) is 100 cm³/mol. The molecular weight excluding hydrogens is 353 g/mol. The molecule has 1 aliphatic rings. The lowest BCUT2D eigenvalue weighted by Gasteiger charge is -2.33. The van der Waals surface area contributed by atoms with Crippen molar-refractivity contribution in [1.29, 1.82) is 0 Å². The zero-order valence-corrected chi connectivity index (χ0v) is 15.0. The smallest absolute Gasteiger partial charge is 0.382 e. The van der Waals surface area contributed by atoms with Gasteiger partial charge < -0.3 is 10.2 Å². The van der Waals surface area contributed by atoms with Crippen LogP contribution in [-0.4, -0.2) is 42.5 Å². The van der Waals surface area contributed by atoms with E-state index >= 15 is 0 Å². The number of nitrogens with one attached hydrogen (secondary N) is 1. The van der Waals surface area contributed by atoms with Gasteiger partial charge in [-0.1, -0.05) is 30.3 Å². The highest BCUT2D eigenvalue weighted by Gasteiger charge is 2.39. The monoisotopic (exact) mass is 376 g/mol. The van der Waals surface area contributed by atoms with E-state index in [1.54, 1.807) is 12.1 Å². The van der Waals surface area contributed by atoms with Gasteiger partial charge in [-0.3, -0.25) is 4.79 Å². The molecule has 0 aliphatic carbocycles. The predicted octanol–water partition coefficient (Wildman–Crippen LogP) is 4.55. The number of carbonyl (C=O) groups excluding carboxylic acids is 1. The zero-order chi connectivity index (χ0) is 19.3. The van der Waals surface area contributed by atoms with Gasteiger partial charge in [0.2, 0.25) is 0 Å². The molecule has 0 bridgehead atoms. The summed E-state index contributed by atoms with van der Waals surface area (Å²) in [6.45, 7) is 3.02. The molecule has 27 heavy (non-hydrogen) atoms. The van der Waals surface area contributed by atoms with Crippen molar-refractivity contribution in [3.8, 4) is 0 Å². The van der Waals surface area contributed by atoms with Crippen LogP contribution in [0.15, 0.2) is 54.6 Å². The average Bonchev–Trinajstić information content (AvgIpc) is 2.68. The molecule has 1 fully saturated rings. The summed E-state index contributed by atoms with van der Waals surface area (Å²) in [4.78, 5) is 13.7. The van der Waals surface area contributed by atoms with Crippen molar-refractivity contribution in [2.75, 3.05) is 25.0 Å². The van der Waals surface area contributed by atoms with Crippen LogP contribution in [0.25, 0.3) is 0 Å². The quantitative estimate of drug-likeness (QED) is 0.751. The Kier molecular flexibility index (Phi) is 6.16. The first-order valence-corrected chi connectivity index (χ1v) is 9.16. The number of rotatable bonds is 6. The fourth-order valence-electron chi connectivity index (χ4n) is 3.35. The number of hydrogen-bond donors (Lipinski definition) is 1. The van der Waals surface area contributed by atoms with Gasteiger partial charge in [0.05, 0.1) is 0 Å². The molecule has 0 aromatic heterocycles. The Morgan fingerprint density at radius 3 is 2.22 bits per heavy atom. The summed E-state index contributed by atoms with van der Waals surface area (Å²) in [6, 6.07) is 16.2. The average molecular weight is 376 g/mol. The highest BCUT2D eigenvalue weighted by Crippen LogP contribution is 2.23. The zero-order valence-electron chi connectivity index (χ0n) is 15.0. The number of ketones is 1. The molecule has 0 radical (unpaired) electrons. The molecule has 1 aliphatic heterocycles. The van der Waals surface area contributed by atoms with Crippen molar-refractivity contribution < 1.29 is 18.0 Å². The SMILES string of the molecule is O=C(c1ccc(NC2CCN(CCc3ccccc3)CC2)cc1)C(F)(F)F. The third-order valence-electron chi connectivity index (χ3n) is 4.92. The molecule has 2 aromatic carbocycles. The largest absolute Gasteiger partial charge is 0.454 e. The molecule has 1 N–H and O–H groups in total. The fraction of sp³-hybridized carbons (Fsp3) is 0.381. The van der Waals surface area contributed by atoms with Crippen LogP contribution in [0.4, 0.5) is 18.9 Å². The lowest BCUT2D eigenvalue weighted by Crippen LogP contribution is -2.40. The molecule has 1 heterocycles. The van der Waals surface area contributed by atoms with Crippen molar-refractivity contribution >= 4 is 11.5 Å². The standard InChI is InChI=1S/C21H23F3N2O/c22-21(23,24)20(27)17-6-8-18(9-7-17)25-19-11-14-26(15-12-19)13-10-16-4-2-1-3-5-16/h1-9,19,25H,10-15H2. The summed E-state index contributed by atoms with van der Waals surface area (Å²) in [5.41, 5.74) is 1.76. The first-order chi connectivity index (χ1) is 12.9. The van der Waals surface area contributed by atoms with E-state index in [1.165, 1.54) is 17.7 Å². The lowest BCUT2D eigenvalue weighted by molar-refractivity contribution is -0.0885. The number of halogens is 3. The number of alkyl halides is 3. The molecule has 0 amide bonds. The second-order valence-corrected chi connectivity index (χ2v) is 6.90. The first kappa shape index (κ1) is 19.4. The molecule has 144 valence electrons. The minimum absolute atomic E-state index is 0.294. The summed E-state index contributed by atoms with van der Waals surface area (Å²) in [7, 11) is 0. The lowest BCUT2D eigenvalue weighted by atomic mass is 10.0. The summed E-state index contributed by atoms with van der Waals surface area (Å²) < 4.78 is 37.3. The third-order valence-corrected chi connectivity index (χ3v) is 4.92. The minimum Gasteiger partial charge on any atom is -0.382 e. The van der Waals surface area contributed by atoms with Gasteiger partial charge in [-0.15, -0.1) is 0 Å². The van der Waals surface area contributed by atoms with Crippen LogP contribution >= 0.6 is 0 Å². The van der Waals surface area contributed by atoms with Crippen molar-refractivity contribution in [3.63, 3.8) is 0 Å². The summed E-state index contributed by atoms with van der Waals surface area (Å²) >= 11 is 0. The molecule has 0 saturated carbocycles. The maximum absolute atomic E-state index is 12.4. The van der Waals surface area contributed by atoms with Crippen molar-refractivity contribution in [3.05, 3.63) is 65.7 Å². The molecule has 3 rings (SSSR count). The second kappa shape index (κ2) is 8.57. The Balaban J connectivity index is 1.44. The van der Waals surface area contributed by atoms with Gasteiger partial charge in [0.1, 0.15) is 0 Å². The second-order valence-electron chi connectivity index (χ2n) is 6.90. The van der Waals surface area contributed by atoms with E-state index in [0.717, 1.165) is 44.6 Å². The van der Waals surface area contributed by atoms with Crippen LogP contribution in [0.1, 0.15) is 28.8 Å². The molecule has 2 aromatic rings. The number of Topliss-reactive ketones (excluding diaryl/α,β-unsaturated/α-hetero) is 1. The summed E-state index contributed by atoms with van der Waals surface area (Å²) in [5.74, 6) is -1.80. The Morgan fingerprint density at radius 2 is 1.63 bits per heavy atom. The van der Waals surface area contributed by atoms with Crippen LogP contribution in [0.5, 0.6) is 0 Å². The Hall–Kier alpha value is -2.34. The number of hydrogen-bond acceptors (Lipinski definition) is 3. The van der Waals surface area contributed by atoms with E-state index in [1.807, 2.05) is 6.07 Å². The highest BCUT2D eigenvalue weighted by atomic mass is 19.4. The highest BCUT2D eigenvalue weighted by molar-refractivity contribution is 6.00. The first-order valence-electron chi connectivity index (χ1n) is 9.16. The molecule has 0 unspecified atom stereocenters. The van der Waals surface area contributed by atoms with Crippen molar-refractivity contribution in [1.82, 2.24) is 4.90 Å². The normalized spacial score (nSPS) is 16.3. The van der Waals surface area contributed by atoms with Gasteiger partial charge in [-0.25, -0.2) is 0 Å². The van der Waals surface area contributed by atoms with Gasteiger partial charge in [0, 0.05) is 36.9 Å². The van der Waals surface area contributed by atoms with Gasteiger partial charge >= 0.3 is 6.18 Å². The van der Waals surface area contributed by atoms with Crippen LogP contribution < -0.4 is 5.32 Å². The van der Waals surface area contributed by atoms with Crippen molar-refractivity contribution in [2.24, 2.45) is 0 Å². The molecule has 0 spiro atoms. The van der Waals surface area contributed by atoms with Gasteiger partial charge in [0.15, 0.2) is 0 Å². The van der Waals surface area contributed by atoms with Gasteiger partial charge in [-0.2, -0.15) is 13.2 Å². The van der Waals surface area contributed by atoms with E-state index in [4.69, 9.17) is 0 Å². The summed E-state index contributed by atoms with van der Waals surface area (Å²) in [6.07, 6.45) is -1.83. The number of nitrogens with zero attached hydrogens (tertiary/aromatic N) is 1. The maximum Gasteiger partial charge on any atom is 0.454 e. The number of piperidine rings is 1. The van der Waals surface area contributed by atoms with E-state index in [0.29, 0.717) is 6.04 Å². The van der Waals surface area contributed by atoms with Crippen LogP contribution in [-0.2, 0) is 6.42 Å². The van der Waals surface area contributed by atoms with E-state index < -0.39 is 12.0 Å². The van der Waals surface area contributed by atoms with Crippen LogP contribution in [0, 0.1) is 0 Å². The number of likely N-dealkylation sites (tertiary alicyclic amines) is 1. The summed E-state index contributed by atoms with van der Waals surface area (Å²) in [5, 5.41) is 3.36. The number of benzene rings is 2. The van der Waals surface area contributed by atoms with Crippen LogP contribution in [0.2, 0.25) is 0 Å². The fourth-order valence-corrected chi connectivity index (χ4v) is 3.35. The molecule has 6 heteroatoms. The minimum atomic E-state index is -4.83. The molecular formula is C21H23F3N2O. The van der Waals surface area contributed by atoms with Crippen molar-refractivity contribution in [2.45, 2.75) is 31.5 Å². The Labute approximate surface area is 157 Å². The topological polar surface area (TPSA) is 32.3 Å². The molecule has 1 saturated heterocycles. The van der Waals surface area contributed by atoms with E-state index in [9.17, 15) is 18.0 Å². The number of carbonyl (C=O) groups is 1. The van der Waals surface area contributed by atoms with E-state index in [2.05, 4.69) is 34.5 Å². The molecule has 3 nitrogen and oxygen atoms in total. The van der Waals surface area contributed by atoms with Gasteiger partial charge in [-0.05, 0) is 49.1 Å². The maximum atomic E-state index is 12.4. The third kappa shape index (κ3) is 5.57. The van der Waals surface area contributed by atoms with Crippen LogP contribution in [0.3, 0.4) is 0 Å². The molecule has 0 atom stereocenters. The Morgan fingerprint density at radius 1 is 1.00 bits per heavy atom.